The highest BCUT2D eigenvalue weighted by molar-refractivity contribution is 7.18. The minimum absolute atomic E-state index is 0.131. The number of thiophene rings is 1. The van der Waals surface area contributed by atoms with Crippen LogP contribution in [0.15, 0.2) is 4.79 Å². The van der Waals surface area contributed by atoms with Gasteiger partial charge < -0.3 is 10.6 Å². The van der Waals surface area contributed by atoms with Crippen LogP contribution in [0.5, 0.6) is 0 Å². The molecule has 2 aromatic rings. The van der Waals surface area contributed by atoms with Gasteiger partial charge in [-0.3, -0.25) is 4.79 Å². The summed E-state index contributed by atoms with van der Waals surface area (Å²) in [5, 5.41) is 0.684. The Labute approximate surface area is 121 Å². The van der Waals surface area contributed by atoms with E-state index in [0.717, 1.165) is 28.1 Å². The molecule has 0 aliphatic carbocycles. The van der Waals surface area contributed by atoms with Crippen LogP contribution in [-0.2, 0) is 24.2 Å². The summed E-state index contributed by atoms with van der Waals surface area (Å²) in [4.78, 5) is 19.0. The average Bonchev–Trinajstić information content (AvgIpc) is 2.72. The van der Waals surface area contributed by atoms with Gasteiger partial charge >= 0.3 is 0 Å². The Morgan fingerprint density at radius 3 is 2.95 bits per heavy atom. The Morgan fingerprint density at radius 1 is 1.50 bits per heavy atom. The third-order valence-corrected chi connectivity index (χ3v) is 4.78. The fourth-order valence-corrected chi connectivity index (χ4v) is 3.76. The van der Waals surface area contributed by atoms with Crippen molar-refractivity contribution in [3.8, 4) is 0 Å². The van der Waals surface area contributed by atoms with Crippen LogP contribution < -0.4 is 11.4 Å². The predicted molar refractivity (Wildman–Crippen MR) is 80.6 cm³/mol. The SMILES string of the molecule is CCCc1nc2sc3c(c2c(=O)n1N)CC(C)(C)OC3. The van der Waals surface area contributed by atoms with Gasteiger partial charge in [-0.1, -0.05) is 6.92 Å². The lowest BCUT2D eigenvalue weighted by Gasteiger charge is -2.29. The van der Waals surface area contributed by atoms with Gasteiger partial charge in [-0.2, -0.15) is 0 Å². The maximum atomic E-state index is 12.5. The first kappa shape index (κ1) is 13.6. The molecule has 3 rings (SSSR count). The normalized spacial score (nSPS) is 17.4. The van der Waals surface area contributed by atoms with Crippen LogP contribution in [0.2, 0.25) is 0 Å². The van der Waals surface area contributed by atoms with E-state index in [1.54, 1.807) is 11.3 Å². The molecular formula is C14H19N3O2S. The summed E-state index contributed by atoms with van der Waals surface area (Å²) in [6, 6.07) is 0. The largest absolute Gasteiger partial charge is 0.370 e. The van der Waals surface area contributed by atoms with Gasteiger partial charge in [0.1, 0.15) is 10.7 Å². The van der Waals surface area contributed by atoms with Gasteiger partial charge in [-0.15, -0.1) is 11.3 Å². The van der Waals surface area contributed by atoms with E-state index in [4.69, 9.17) is 10.6 Å². The van der Waals surface area contributed by atoms with Crippen molar-refractivity contribution in [1.82, 2.24) is 9.66 Å². The van der Waals surface area contributed by atoms with E-state index in [2.05, 4.69) is 4.98 Å². The average molecular weight is 293 g/mol. The highest BCUT2D eigenvalue weighted by Crippen LogP contribution is 2.36. The molecule has 0 bridgehead atoms. The smallest absolute Gasteiger partial charge is 0.280 e. The van der Waals surface area contributed by atoms with Gasteiger partial charge in [-0.05, 0) is 25.8 Å². The second-order valence-corrected chi connectivity index (χ2v) is 6.95. The number of hydrogen-bond acceptors (Lipinski definition) is 5. The summed E-state index contributed by atoms with van der Waals surface area (Å²) >= 11 is 1.56. The molecule has 0 unspecified atom stereocenters. The standard InChI is InChI=1S/C14H19N3O2S/c1-4-5-10-16-12-11(13(18)17(10)15)8-6-14(2,3)19-7-9(8)20-12/h4-7,15H2,1-3H3. The topological polar surface area (TPSA) is 70.1 Å². The number of ether oxygens (including phenoxy) is 1. The lowest BCUT2D eigenvalue weighted by Crippen LogP contribution is -2.34. The number of nitrogen functional groups attached to an aromatic ring is 1. The van der Waals surface area contributed by atoms with Crippen LogP contribution >= 0.6 is 11.3 Å². The highest BCUT2D eigenvalue weighted by atomic mass is 32.1. The molecule has 0 amide bonds. The molecule has 5 nitrogen and oxygen atoms in total. The first-order valence-corrected chi connectivity index (χ1v) is 7.70. The Hall–Kier alpha value is -1.40. The molecule has 0 radical (unpaired) electrons. The summed E-state index contributed by atoms with van der Waals surface area (Å²) in [6.45, 7) is 6.68. The van der Waals surface area contributed by atoms with E-state index in [-0.39, 0.29) is 11.2 Å². The minimum atomic E-state index is -0.241. The van der Waals surface area contributed by atoms with Crippen molar-refractivity contribution in [2.75, 3.05) is 5.84 Å². The molecular weight excluding hydrogens is 274 g/mol. The van der Waals surface area contributed by atoms with Crippen molar-refractivity contribution >= 4 is 21.6 Å². The van der Waals surface area contributed by atoms with E-state index in [1.165, 1.54) is 4.68 Å². The van der Waals surface area contributed by atoms with Gasteiger partial charge in [-0.25, -0.2) is 9.66 Å². The van der Waals surface area contributed by atoms with Gasteiger partial charge in [0.25, 0.3) is 5.56 Å². The van der Waals surface area contributed by atoms with Crippen LogP contribution in [-0.4, -0.2) is 15.3 Å². The number of nitrogens with two attached hydrogens (primary N) is 1. The van der Waals surface area contributed by atoms with Gasteiger partial charge in [0, 0.05) is 17.7 Å². The summed E-state index contributed by atoms with van der Waals surface area (Å²) in [7, 11) is 0. The molecule has 1 aliphatic heterocycles. The maximum Gasteiger partial charge on any atom is 0.280 e. The molecule has 0 spiro atoms. The highest BCUT2D eigenvalue weighted by Gasteiger charge is 2.31. The van der Waals surface area contributed by atoms with Gasteiger partial charge in [0.15, 0.2) is 0 Å². The summed E-state index contributed by atoms with van der Waals surface area (Å²) in [6.07, 6.45) is 2.36. The summed E-state index contributed by atoms with van der Waals surface area (Å²) < 4.78 is 7.02. The number of rotatable bonds is 2. The fraction of sp³-hybridized carbons (Fsp3) is 0.571. The Kier molecular flexibility index (Phi) is 3.10. The van der Waals surface area contributed by atoms with Crippen LogP contribution in [0, 0.1) is 0 Å². The molecule has 0 saturated heterocycles. The predicted octanol–water partition coefficient (Wildman–Crippen LogP) is 1.98. The molecule has 2 N–H and O–H groups in total. The molecule has 1 aliphatic rings. The zero-order chi connectivity index (χ0) is 14.5. The van der Waals surface area contributed by atoms with E-state index >= 15 is 0 Å². The summed E-state index contributed by atoms with van der Waals surface area (Å²) in [5.74, 6) is 6.57. The number of nitrogens with zero attached hydrogens (tertiary/aromatic N) is 2. The molecule has 2 aromatic heterocycles. The third kappa shape index (κ3) is 2.03. The van der Waals surface area contributed by atoms with Crippen molar-refractivity contribution in [3.05, 3.63) is 26.6 Å². The zero-order valence-electron chi connectivity index (χ0n) is 12.0. The van der Waals surface area contributed by atoms with Crippen LogP contribution in [0.25, 0.3) is 10.2 Å². The number of fused-ring (bicyclic) bond motifs is 3. The quantitative estimate of drug-likeness (QED) is 0.860. The van der Waals surface area contributed by atoms with E-state index in [9.17, 15) is 4.79 Å². The maximum absolute atomic E-state index is 12.5. The van der Waals surface area contributed by atoms with Crippen LogP contribution in [0.1, 0.15) is 43.5 Å². The number of aromatic nitrogens is 2. The van der Waals surface area contributed by atoms with Crippen molar-refractivity contribution in [3.63, 3.8) is 0 Å². The monoisotopic (exact) mass is 293 g/mol. The third-order valence-electron chi connectivity index (χ3n) is 3.68. The van der Waals surface area contributed by atoms with Crippen molar-refractivity contribution < 1.29 is 4.74 Å². The Balaban J connectivity index is 2.26. The van der Waals surface area contributed by atoms with Crippen molar-refractivity contribution in [2.24, 2.45) is 0 Å². The number of hydrogen-bond donors (Lipinski definition) is 1. The second kappa shape index (κ2) is 4.56. The molecule has 0 fully saturated rings. The van der Waals surface area contributed by atoms with Gasteiger partial charge in [0.05, 0.1) is 17.6 Å². The van der Waals surface area contributed by atoms with Crippen LogP contribution in [0.4, 0.5) is 0 Å². The molecule has 0 saturated carbocycles. The van der Waals surface area contributed by atoms with Crippen molar-refractivity contribution in [2.45, 2.75) is 52.2 Å². The Bertz CT molecular complexity index is 730. The molecule has 108 valence electrons. The molecule has 6 heteroatoms. The first-order valence-electron chi connectivity index (χ1n) is 6.88. The fourth-order valence-electron chi connectivity index (χ4n) is 2.65. The summed E-state index contributed by atoms with van der Waals surface area (Å²) in [5.41, 5.74) is 0.698. The van der Waals surface area contributed by atoms with Crippen LogP contribution in [0.3, 0.4) is 0 Å². The lowest BCUT2D eigenvalue weighted by molar-refractivity contribution is -0.0379. The molecule has 0 atom stereocenters. The van der Waals surface area contributed by atoms with Gasteiger partial charge in [0.2, 0.25) is 0 Å². The van der Waals surface area contributed by atoms with Crippen molar-refractivity contribution in [1.29, 1.82) is 0 Å². The van der Waals surface area contributed by atoms with E-state index < -0.39 is 0 Å². The minimum Gasteiger partial charge on any atom is -0.370 e. The zero-order valence-corrected chi connectivity index (χ0v) is 12.8. The lowest BCUT2D eigenvalue weighted by atomic mass is 9.94. The first-order chi connectivity index (χ1) is 9.43. The van der Waals surface area contributed by atoms with E-state index in [1.807, 2.05) is 20.8 Å². The number of aryl methyl sites for hydroxylation is 1. The molecule has 0 aromatic carbocycles. The molecule has 3 heterocycles. The second-order valence-electron chi connectivity index (χ2n) is 5.86. The molecule has 20 heavy (non-hydrogen) atoms. The Morgan fingerprint density at radius 2 is 2.25 bits per heavy atom. The van der Waals surface area contributed by atoms with E-state index in [0.29, 0.717) is 24.2 Å².